The van der Waals surface area contributed by atoms with Gasteiger partial charge in [0.2, 0.25) is 17.7 Å². The molecule has 5 aromatic carbocycles. The molecule has 0 spiro atoms. The van der Waals surface area contributed by atoms with Crippen molar-refractivity contribution in [2.24, 2.45) is 21.2 Å². The largest absolute Gasteiger partial charge is 0.480 e. The molecular weight excluding hydrogens is 1700 g/mol. The number of ether oxygens (including phenoxy) is 3. The van der Waals surface area contributed by atoms with Crippen molar-refractivity contribution < 1.29 is 86.8 Å². The first-order chi connectivity index (χ1) is 57.4. The van der Waals surface area contributed by atoms with Crippen LogP contribution in [0, 0.1) is 27.6 Å². The highest BCUT2D eigenvalue weighted by molar-refractivity contribution is 8.15. The Labute approximate surface area is 738 Å². The second-order valence-corrected chi connectivity index (χ2v) is 36.7. The number of amides is 5. The van der Waals surface area contributed by atoms with Crippen LogP contribution in [0.2, 0.25) is 0 Å². The van der Waals surface area contributed by atoms with E-state index in [9.17, 15) is 67.4 Å². The van der Waals surface area contributed by atoms with Gasteiger partial charge in [0.05, 0.1) is 27.0 Å². The molecule has 2 aromatic heterocycles. The number of Topliss-reactive ketones (excluding diaryl/α,β-unsaturated/α-hetero) is 6. The first-order valence-corrected chi connectivity index (χ1v) is 42.1. The highest BCUT2D eigenvalue weighted by Crippen LogP contribution is 2.44. The van der Waals surface area contributed by atoms with Crippen LogP contribution in [0.5, 0.6) is 0 Å². The van der Waals surface area contributed by atoms with E-state index in [1.807, 2.05) is 19.9 Å². The number of carboxylic acid groups (broad SMARTS) is 1. The van der Waals surface area contributed by atoms with Gasteiger partial charge in [0, 0.05) is 165 Å². The first kappa shape index (κ1) is 97.0. The number of carbonyl (C=O) groups excluding carboxylic acids is 12. The van der Waals surface area contributed by atoms with E-state index in [0.29, 0.717) is 133 Å². The van der Waals surface area contributed by atoms with Crippen LogP contribution in [0.3, 0.4) is 0 Å². The summed E-state index contributed by atoms with van der Waals surface area (Å²) in [6.07, 6.45) is -1.11. The summed E-state index contributed by atoms with van der Waals surface area (Å²) in [7, 11) is 4.98. The number of benzene rings is 5. The lowest BCUT2D eigenvalue weighted by Crippen LogP contribution is -2.36. The van der Waals surface area contributed by atoms with Gasteiger partial charge in [-0.1, -0.05) is 77.9 Å². The quantitative estimate of drug-likeness (QED) is 0.0225. The van der Waals surface area contributed by atoms with Crippen LogP contribution in [-0.4, -0.2) is 139 Å². The monoisotopic (exact) mass is 1790 g/mol. The number of fused-ring (bicyclic) bond motifs is 2. The fraction of sp³-hybridized carbons (Fsp3) is 0.344. The van der Waals surface area contributed by atoms with Crippen LogP contribution in [0.1, 0.15) is 157 Å². The molecule has 3 aliphatic carbocycles. The Morgan fingerprint density at radius 2 is 0.829 bits per heavy atom. The van der Waals surface area contributed by atoms with Crippen LogP contribution in [0.4, 0.5) is 38.0 Å². The van der Waals surface area contributed by atoms with Crippen molar-refractivity contribution >= 4 is 200 Å². The van der Waals surface area contributed by atoms with Crippen molar-refractivity contribution in [3.63, 3.8) is 0 Å². The Kier molecular flexibility index (Phi) is 31.8. The summed E-state index contributed by atoms with van der Waals surface area (Å²) in [5.74, 6) is -2.78. The standard InChI is InChI=1S/C34H34N4O7S2.C31H30N4O5S.C22H27NO4.C3H3Cl3O2/c1-17-18(2)29(41)27(19(3)28(17)40)34(4,5)14-26(39)38(6)22-10-7-20(8-11-22)15-45-33(44)35-21-9-12-23-25(13-21)47-31(36-23)30-37-24(16-46-30)32(42)43;1-17-18(2)29(38)27(19(3)28(17)37)31(4,5)14-26(36)35(6)22-10-7-20(8-11-22)16-40-30(39)33-21-9-12-23-24(13-21)41-25(15-32)34-23;1-13-14(2)21(27)19(15(3)20(13)26)22(4,5)11-18(25)23(6)17-9-7-16(12-24)8-10-17;1-2(7)8-3(4,5)6/h7-13,24H,14-16H2,1-6H3,(H,35,44)(H,42,43);7-13H,14,16H2,1-6H3,(H,33,39);7-10,24H,11-12H2,1-6H3;1H3/t24-;;;/m1.../s1. The SMILES string of the molecule is CC(=O)OC(Cl)(Cl)Cl.CC1=C(C)C(=O)C(C(C)(C)CC(=O)N(C)c2ccc(CO)cc2)=C(C)C1=O.CC1=C(C)C(=O)C(C(C)(C)CC(=O)N(C)c2ccc(COC(=O)Nc3ccc4nc(C#N)sc4c3)cc2)=C(C)C1=O.CC1=C(C)C(=O)C(C(C)(C)CC(=O)N(C)c2ccc(COC(=O)Nc3ccc4nc(C5=N[C@@H](C(=O)O)CS5)sc4c3)cc2)=C(C)C1=O. The Morgan fingerprint density at radius 3 is 1.14 bits per heavy atom. The molecule has 123 heavy (non-hydrogen) atoms. The van der Waals surface area contributed by atoms with E-state index < -0.39 is 50.4 Å². The van der Waals surface area contributed by atoms with Gasteiger partial charge in [0.1, 0.15) is 29.3 Å². The van der Waals surface area contributed by atoms with Crippen molar-refractivity contribution in [3.8, 4) is 6.07 Å². The molecule has 1 aliphatic heterocycles. The van der Waals surface area contributed by atoms with Crippen LogP contribution < -0.4 is 25.3 Å². The van der Waals surface area contributed by atoms with Crippen molar-refractivity contribution in [2.45, 2.75) is 160 Å². The number of thioether (sulfide) groups is 1. The zero-order chi connectivity index (χ0) is 91.6. The highest BCUT2D eigenvalue weighted by Gasteiger charge is 2.43. The Morgan fingerprint density at radius 1 is 0.496 bits per heavy atom. The summed E-state index contributed by atoms with van der Waals surface area (Å²) >= 11 is 19.0. The molecular formula is C90H94Cl3N9O18S3. The van der Waals surface area contributed by atoms with Crippen molar-refractivity contribution in [1.82, 2.24) is 9.97 Å². The number of aliphatic hydroxyl groups excluding tert-OH is 1. The van der Waals surface area contributed by atoms with Crippen molar-refractivity contribution in [1.29, 1.82) is 5.26 Å². The summed E-state index contributed by atoms with van der Waals surface area (Å²) < 4.78 is 14.5. The number of thiazole rings is 2. The number of carboxylic acids is 1. The summed E-state index contributed by atoms with van der Waals surface area (Å²) in [6, 6.07) is 32.7. The van der Waals surface area contributed by atoms with Gasteiger partial charge in [-0.2, -0.15) is 5.26 Å². The van der Waals surface area contributed by atoms with Gasteiger partial charge < -0.3 is 39.1 Å². The van der Waals surface area contributed by atoms with E-state index in [2.05, 4.69) is 30.3 Å². The predicted molar refractivity (Wildman–Crippen MR) is 478 cm³/mol. The second kappa shape index (κ2) is 40.3. The maximum Gasteiger partial charge on any atom is 0.411 e. The average Bonchev–Trinajstić information content (AvgIpc) is 1.62. The van der Waals surface area contributed by atoms with Gasteiger partial charge in [-0.3, -0.25) is 63.6 Å². The summed E-state index contributed by atoms with van der Waals surface area (Å²) in [5, 5.41) is 34.3. The number of nitrogens with zero attached hydrogens (tertiary/aromatic N) is 7. The Balaban J connectivity index is 0.000000225. The number of rotatable bonds is 21. The minimum absolute atomic E-state index is 0.00139. The van der Waals surface area contributed by atoms with E-state index in [0.717, 1.165) is 27.5 Å². The lowest BCUT2D eigenvalue weighted by atomic mass is 9.71. The molecule has 0 unspecified atom stereocenters. The van der Waals surface area contributed by atoms with Gasteiger partial charge >= 0.3 is 28.1 Å². The molecule has 0 fully saturated rings. The number of esters is 1. The third-order valence-corrected chi connectivity index (χ3v) is 24.5. The van der Waals surface area contributed by atoms with Crippen LogP contribution in [-0.2, 0) is 86.8 Å². The molecule has 646 valence electrons. The molecule has 0 bridgehead atoms. The molecule has 11 rings (SSSR count). The molecule has 5 amide bonds. The number of aromatic nitrogens is 2. The number of alkyl halides is 3. The number of aliphatic hydroxyl groups is 1. The van der Waals surface area contributed by atoms with Gasteiger partial charge in [-0.25, -0.2) is 24.4 Å². The number of hydrogen-bond donors (Lipinski definition) is 4. The minimum Gasteiger partial charge on any atom is -0.480 e. The normalized spacial score (nSPS) is 15.2. The number of aliphatic imine (C=N–C) groups is 1. The third kappa shape index (κ3) is 23.9. The van der Waals surface area contributed by atoms with E-state index in [1.54, 1.807) is 220 Å². The van der Waals surface area contributed by atoms with E-state index >= 15 is 0 Å². The summed E-state index contributed by atoms with van der Waals surface area (Å²) in [5.41, 5.74) is 9.21. The summed E-state index contributed by atoms with van der Waals surface area (Å²) in [4.78, 5) is 180. The average molecular weight is 1790 g/mol. The van der Waals surface area contributed by atoms with Gasteiger partial charge in [0.15, 0.2) is 45.7 Å². The number of carbonyl (C=O) groups is 13. The Hall–Kier alpha value is -11.4. The van der Waals surface area contributed by atoms with Crippen molar-refractivity contribution in [3.05, 3.63) is 203 Å². The Bertz CT molecular complexity index is 5780. The number of nitrogens with one attached hydrogen (secondary N) is 2. The molecule has 4 aliphatic rings. The van der Waals surface area contributed by atoms with Crippen molar-refractivity contribution in [2.75, 3.05) is 52.2 Å². The van der Waals surface area contributed by atoms with E-state index in [4.69, 9.17) is 54.6 Å². The number of anilines is 5. The third-order valence-electron chi connectivity index (χ3n) is 21.1. The van der Waals surface area contributed by atoms with Gasteiger partial charge in [-0.15, -0.1) is 34.4 Å². The molecule has 4 N–H and O–H groups in total. The minimum atomic E-state index is -1.91. The predicted octanol–water partition coefficient (Wildman–Crippen LogP) is 17.5. The first-order valence-electron chi connectivity index (χ1n) is 38.3. The molecule has 3 heterocycles. The topological polar surface area (TPSA) is 386 Å². The van der Waals surface area contributed by atoms with Crippen LogP contribution in [0.15, 0.2) is 181 Å². The molecule has 33 heteroatoms. The maximum atomic E-state index is 13.3. The molecule has 0 radical (unpaired) electrons. The molecule has 0 saturated heterocycles. The number of halogens is 3. The number of ketones is 6. The molecule has 7 aromatic rings. The van der Waals surface area contributed by atoms with E-state index in [-0.39, 0.29) is 91.5 Å². The number of aliphatic carboxylic acids is 1. The van der Waals surface area contributed by atoms with Crippen LogP contribution in [0.25, 0.3) is 20.4 Å². The number of hydrogen-bond acceptors (Lipinski definition) is 24. The molecule has 27 nitrogen and oxygen atoms in total. The fourth-order valence-corrected chi connectivity index (χ4v) is 17.1. The second-order valence-electron chi connectivity index (χ2n) is 31.5. The highest BCUT2D eigenvalue weighted by atomic mass is 35.6. The van der Waals surface area contributed by atoms with E-state index in [1.165, 1.54) is 49.1 Å². The number of nitriles is 1. The van der Waals surface area contributed by atoms with Gasteiger partial charge in [0.25, 0.3) is 0 Å². The zero-order valence-electron chi connectivity index (χ0n) is 71.3. The summed E-state index contributed by atoms with van der Waals surface area (Å²) in [6.45, 7) is 26.9. The molecule has 0 saturated carbocycles. The van der Waals surface area contributed by atoms with Crippen LogP contribution >= 0.6 is 69.2 Å². The maximum absolute atomic E-state index is 13.3. The smallest absolute Gasteiger partial charge is 0.411 e. The molecule has 1 atom stereocenters. The number of allylic oxidation sites excluding steroid dienone is 12. The lowest BCUT2D eigenvalue weighted by Gasteiger charge is -2.32. The lowest BCUT2D eigenvalue weighted by molar-refractivity contribution is -0.142. The fourth-order valence-electron chi connectivity index (χ4n) is 13.9. The van der Waals surface area contributed by atoms with Gasteiger partial charge in [-0.05, 0) is 187 Å². The zero-order valence-corrected chi connectivity index (χ0v) is 76.1.